The average molecular weight is 334 g/mol. The monoisotopic (exact) mass is 334 g/mol. The summed E-state index contributed by atoms with van der Waals surface area (Å²) in [5.74, 6) is 1.27. The number of carbonyl (C=O) groups excluding carboxylic acids is 1. The van der Waals surface area contributed by atoms with E-state index < -0.39 is 0 Å². The molecule has 1 aromatic rings. The van der Waals surface area contributed by atoms with Gasteiger partial charge in [0, 0.05) is 25.8 Å². The van der Waals surface area contributed by atoms with Crippen molar-refractivity contribution in [3.8, 4) is 0 Å². The fourth-order valence-electron chi connectivity index (χ4n) is 4.21. The van der Waals surface area contributed by atoms with E-state index >= 15 is 0 Å². The first-order valence-electron chi connectivity index (χ1n) is 9.07. The largest absolute Gasteiger partial charge is 0.467 e. The molecule has 0 bridgehead atoms. The van der Waals surface area contributed by atoms with Crippen LogP contribution in [0.25, 0.3) is 0 Å². The fraction of sp³-hybridized carbons (Fsp3) is 0.722. The van der Waals surface area contributed by atoms with Gasteiger partial charge in [-0.1, -0.05) is 0 Å². The minimum Gasteiger partial charge on any atom is -0.467 e. The van der Waals surface area contributed by atoms with E-state index in [1.165, 1.54) is 0 Å². The Balaban J connectivity index is 1.28. The molecule has 3 aliphatic heterocycles. The summed E-state index contributed by atoms with van der Waals surface area (Å²) in [4.78, 5) is 14.9. The van der Waals surface area contributed by atoms with E-state index in [0.717, 1.165) is 57.7 Å². The molecule has 24 heavy (non-hydrogen) atoms. The van der Waals surface area contributed by atoms with Crippen molar-refractivity contribution in [1.82, 2.24) is 10.2 Å². The standard InChI is InChI=1S/C18H26N2O4/c21-18(19-11-15-2-1-7-23-15)16-10-13-3-6-20(12-17(13)24-16)14-4-8-22-9-5-14/h1-2,7,13-14,16-17H,3-6,8-12H2,(H,19,21)/t13-,16+,17-/m1/s1. The van der Waals surface area contributed by atoms with Gasteiger partial charge in [0.1, 0.15) is 11.9 Å². The van der Waals surface area contributed by atoms with E-state index in [0.29, 0.717) is 18.5 Å². The van der Waals surface area contributed by atoms with Crippen LogP contribution in [0.15, 0.2) is 22.8 Å². The minimum atomic E-state index is -0.315. The normalized spacial score (nSPS) is 31.8. The first-order valence-corrected chi connectivity index (χ1v) is 9.07. The van der Waals surface area contributed by atoms with Gasteiger partial charge in [-0.3, -0.25) is 9.69 Å². The molecule has 0 aliphatic carbocycles. The number of likely N-dealkylation sites (tertiary alicyclic amines) is 1. The summed E-state index contributed by atoms with van der Waals surface area (Å²) in [7, 11) is 0. The van der Waals surface area contributed by atoms with Gasteiger partial charge in [0.15, 0.2) is 0 Å². The molecule has 0 radical (unpaired) electrons. The fourth-order valence-corrected chi connectivity index (χ4v) is 4.21. The molecule has 1 amide bonds. The molecule has 4 heterocycles. The molecule has 3 aliphatic rings. The van der Waals surface area contributed by atoms with Gasteiger partial charge < -0.3 is 19.2 Å². The van der Waals surface area contributed by atoms with Gasteiger partial charge in [0.05, 0.1) is 18.9 Å². The summed E-state index contributed by atoms with van der Waals surface area (Å²) < 4.78 is 16.8. The summed E-state index contributed by atoms with van der Waals surface area (Å²) in [6.07, 6.45) is 5.70. The molecule has 3 atom stereocenters. The highest BCUT2D eigenvalue weighted by Gasteiger charge is 2.43. The van der Waals surface area contributed by atoms with Gasteiger partial charge in [0.25, 0.3) is 0 Å². The maximum Gasteiger partial charge on any atom is 0.249 e. The lowest BCUT2D eigenvalue weighted by Crippen LogP contribution is -2.49. The van der Waals surface area contributed by atoms with Gasteiger partial charge in [-0.25, -0.2) is 0 Å². The third-order valence-corrected chi connectivity index (χ3v) is 5.60. The van der Waals surface area contributed by atoms with Crippen LogP contribution < -0.4 is 5.32 Å². The van der Waals surface area contributed by atoms with Crippen molar-refractivity contribution in [1.29, 1.82) is 0 Å². The minimum absolute atomic E-state index is 0.0154. The Kier molecular flexibility index (Phi) is 4.87. The van der Waals surface area contributed by atoms with Crippen LogP contribution in [-0.2, 0) is 20.8 Å². The Bertz CT molecular complexity index is 541. The van der Waals surface area contributed by atoms with Crippen molar-refractivity contribution in [2.24, 2.45) is 5.92 Å². The van der Waals surface area contributed by atoms with E-state index in [2.05, 4.69) is 10.2 Å². The van der Waals surface area contributed by atoms with Crippen molar-refractivity contribution in [3.05, 3.63) is 24.2 Å². The molecule has 4 rings (SSSR count). The van der Waals surface area contributed by atoms with Gasteiger partial charge in [-0.15, -0.1) is 0 Å². The highest BCUT2D eigenvalue weighted by Crippen LogP contribution is 2.35. The molecule has 3 saturated heterocycles. The van der Waals surface area contributed by atoms with E-state index in [-0.39, 0.29) is 18.1 Å². The van der Waals surface area contributed by atoms with Crippen LogP contribution in [0.5, 0.6) is 0 Å². The molecule has 3 fully saturated rings. The third kappa shape index (κ3) is 3.50. The second kappa shape index (κ2) is 7.25. The first kappa shape index (κ1) is 16.1. The molecule has 6 nitrogen and oxygen atoms in total. The summed E-state index contributed by atoms with van der Waals surface area (Å²) >= 11 is 0. The zero-order valence-corrected chi connectivity index (χ0v) is 14.0. The molecule has 6 heteroatoms. The maximum atomic E-state index is 12.4. The van der Waals surface area contributed by atoms with Crippen LogP contribution in [-0.4, -0.2) is 55.4 Å². The second-order valence-corrected chi connectivity index (χ2v) is 7.08. The highest BCUT2D eigenvalue weighted by molar-refractivity contribution is 5.81. The van der Waals surface area contributed by atoms with E-state index in [4.69, 9.17) is 13.9 Å². The number of hydrogen-bond acceptors (Lipinski definition) is 5. The third-order valence-electron chi connectivity index (χ3n) is 5.60. The molecule has 1 aromatic heterocycles. The summed E-state index contributed by atoms with van der Waals surface area (Å²) in [5, 5.41) is 2.92. The Morgan fingerprint density at radius 2 is 2.17 bits per heavy atom. The highest BCUT2D eigenvalue weighted by atomic mass is 16.5. The number of rotatable bonds is 4. The Hall–Kier alpha value is -1.37. The Labute approximate surface area is 142 Å². The van der Waals surface area contributed by atoms with E-state index in [9.17, 15) is 4.79 Å². The van der Waals surface area contributed by atoms with Crippen LogP contribution in [0.1, 0.15) is 31.4 Å². The number of nitrogens with one attached hydrogen (secondary N) is 1. The van der Waals surface area contributed by atoms with Crippen molar-refractivity contribution in [2.75, 3.05) is 26.3 Å². The number of amides is 1. The van der Waals surface area contributed by atoms with Crippen LogP contribution in [0.3, 0.4) is 0 Å². The number of fused-ring (bicyclic) bond motifs is 1. The predicted molar refractivity (Wildman–Crippen MR) is 87.4 cm³/mol. The molecule has 0 saturated carbocycles. The van der Waals surface area contributed by atoms with Gasteiger partial charge in [0.2, 0.25) is 5.91 Å². The second-order valence-electron chi connectivity index (χ2n) is 7.08. The molecule has 0 spiro atoms. The molecule has 0 aromatic carbocycles. The van der Waals surface area contributed by atoms with E-state index in [1.54, 1.807) is 6.26 Å². The molecule has 1 N–H and O–H groups in total. The summed E-state index contributed by atoms with van der Waals surface area (Å²) in [5.41, 5.74) is 0. The predicted octanol–water partition coefficient (Wildman–Crippen LogP) is 1.55. The van der Waals surface area contributed by atoms with Crippen LogP contribution >= 0.6 is 0 Å². The molecular formula is C18H26N2O4. The zero-order valence-electron chi connectivity index (χ0n) is 14.0. The van der Waals surface area contributed by atoms with Crippen LogP contribution in [0.4, 0.5) is 0 Å². The van der Waals surface area contributed by atoms with Crippen molar-refractivity contribution >= 4 is 5.91 Å². The van der Waals surface area contributed by atoms with E-state index in [1.807, 2.05) is 12.1 Å². The summed E-state index contributed by atoms with van der Waals surface area (Å²) in [6, 6.07) is 4.31. The molecule has 132 valence electrons. The quantitative estimate of drug-likeness (QED) is 0.905. The maximum absolute atomic E-state index is 12.4. The van der Waals surface area contributed by atoms with Crippen molar-refractivity contribution in [2.45, 2.75) is 50.5 Å². The van der Waals surface area contributed by atoms with Crippen molar-refractivity contribution < 1.29 is 18.7 Å². The topological polar surface area (TPSA) is 63.9 Å². The Morgan fingerprint density at radius 3 is 2.96 bits per heavy atom. The number of furan rings is 1. The first-order chi connectivity index (χ1) is 11.8. The van der Waals surface area contributed by atoms with Gasteiger partial charge in [-0.05, 0) is 50.3 Å². The number of carbonyl (C=O) groups is 1. The Morgan fingerprint density at radius 1 is 1.29 bits per heavy atom. The van der Waals surface area contributed by atoms with Gasteiger partial charge >= 0.3 is 0 Å². The summed E-state index contributed by atoms with van der Waals surface area (Å²) in [6.45, 7) is 4.24. The van der Waals surface area contributed by atoms with Crippen molar-refractivity contribution in [3.63, 3.8) is 0 Å². The number of piperidine rings is 1. The SMILES string of the molecule is O=C(NCc1ccco1)[C@@H]1C[C@H]2CCN(C3CCOCC3)C[C@H]2O1. The number of ether oxygens (including phenoxy) is 2. The number of hydrogen-bond donors (Lipinski definition) is 1. The lowest BCUT2D eigenvalue weighted by Gasteiger charge is -2.40. The lowest BCUT2D eigenvalue weighted by molar-refractivity contribution is -0.133. The average Bonchev–Trinajstić information content (AvgIpc) is 3.29. The zero-order chi connectivity index (χ0) is 16.4. The molecular weight excluding hydrogens is 308 g/mol. The number of nitrogens with zero attached hydrogens (tertiary/aromatic N) is 1. The molecule has 0 unspecified atom stereocenters. The lowest BCUT2D eigenvalue weighted by atomic mass is 9.90. The van der Waals surface area contributed by atoms with Gasteiger partial charge in [-0.2, -0.15) is 0 Å². The smallest absolute Gasteiger partial charge is 0.249 e. The van der Waals surface area contributed by atoms with Crippen LogP contribution in [0, 0.1) is 5.92 Å². The van der Waals surface area contributed by atoms with Crippen LogP contribution in [0.2, 0.25) is 0 Å².